The van der Waals surface area contributed by atoms with Gasteiger partial charge in [0.05, 0.1) is 24.9 Å². The van der Waals surface area contributed by atoms with Gasteiger partial charge in [-0.3, -0.25) is 0 Å². The van der Waals surface area contributed by atoms with Crippen molar-refractivity contribution < 1.29 is 18.6 Å². The van der Waals surface area contributed by atoms with E-state index in [1.54, 1.807) is 6.92 Å². The predicted molar refractivity (Wildman–Crippen MR) is 58.2 cm³/mol. The quantitative estimate of drug-likeness (QED) is 0.819. The van der Waals surface area contributed by atoms with Crippen LogP contribution in [0.25, 0.3) is 0 Å². The van der Waals surface area contributed by atoms with Crippen LogP contribution in [-0.2, 0) is 10.3 Å². The molecule has 1 aliphatic heterocycles. The summed E-state index contributed by atoms with van der Waals surface area (Å²) in [7, 11) is 0. The van der Waals surface area contributed by atoms with Crippen molar-refractivity contribution in [2.24, 2.45) is 11.7 Å². The van der Waals surface area contributed by atoms with Gasteiger partial charge >= 0.3 is 0 Å². The molecule has 3 atom stereocenters. The molecule has 0 unspecified atom stereocenters. The van der Waals surface area contributed by atoms with E-state index >= 15 is 0 Å². The summed E-state index contributed by atoms with van der Waals surface area (Å²) < 4.78 is 32.3. The number of aliphatic hydroxyl groups is 1. The average molecular weight is 243 g/mol. The normalized spacial score (nSPS) is 33.0. The number of aliphatic hydroxyl groups excluding tert-OH is 1. The van der Waals surface area contributed by atoms with Crippen LogP contribution < -0.4 is 5.73 Å². The summed E-state index contributed by atoms with van der Waals surface area (Å²) in [6.07, 6.45) is -0.285. The molecule has 17 heavy (non-hydrogen) atoms. The molecule has 0 spiro atoms. The van der Waals surface area contributed by atoms with Crippen LogP contribution in [0.3, 0.4) is 0 Å². The zero-order chi connectivity index (χ0) is 12.6. The van der Waals surface area contributed by atoms with E-state index in [1.807, 2.05) is 0 Å². The SMILES string of the molecule is C[C@H]1OC[C@@](N)(c2cccc(F)c2F)[C@@H]1CO. The molecule has 1 aromatic carbocycles. The van der Waals surface area contributed by atoms with Crippen molar-refractivity contribution in [3.63, 3.8) is 0 Å². The Kier molecular flexibility index (Phi) is 3.16. The minimum absolute atomic E-state index is 0.0564. The Morgan fingerprint density at radius 3 is 2.88 bits per heavy atom. The molecule has 3 nitrogen and oxygen atoms in total. The molecule has 94 valence electrons. The molecule has 0 radical (unpaired) electrons. The van der Waals surface area contributed by atoms with Gasteiger partial charge in [-0.1, -0.05) is 12.1 Å². The van der Waals surface area contributed by atoms with E-state index in [2.05, 4.69) is 0 Å². The maximum atomic E-state index is 13.7. The molecule has 1 fully saturated rings. The second-order valence-electron chi connectivity index (χ2n) is 4.45. The maximum absolute atomic E-state index is 13.7. The molecule has 0 saturated carbocycles. The lowest BCUT2D eigenvalue weighted by molar-refractivity contribution is 0.0861. The summed E-state index contributed by atoms with van der Waals surface area (Å²) in [5.41, 5.74) is 4.98. The first-order chi connectivity index (χ1) is 8.00. The molecule has 2 rings (SSSR count). The van der Waals surface area contributed by atoms with Gasteiger partial charge in [0.25, 0.3) is 0 Å². The molecule has 5 heteroatoms. The third-order valence-electron chi connectivity index (χ3n) is 3.46. The van der Waals surface area contributed by atoms with Crippen LogP contribution in [0.5, 0.6) is 0 Å². The van der Waals surface area contributed by atoms with Gasteiger partial charge in [0.2, 0.25) is 0 Å². The number of halogens is 2. The topological polar surface area (TPSA) is 55.5 Å². The lowest BCUT2D eigenvalue weighted by Gasteiger charge is -2.30. The van der Waals surface area contributed by atoms with Crippen molar-refractivity contribution >= 4 is 0 Å². The van der Waals surface area contributed by atoms with Crippen molar-refractivity contribution in [2.45, 2.75) is 18.6 Å². The number of hydrogen-bond donors (Lipinski definition) is 2. The average Bonchev–Trinajstić information content (AvgIpc) is 2.59. The first-order valence-electron chi connectivity index (χ1n) is 5.46. The largest absolute Gasteiger partial charge is 0.396 e. The summed E-state index contributed by atoms with van der Waals surface area (Å²) in [5.74, 6) is -2.35. The second-order valence-corrected chi connectivity index (χ2v) is 4.45. The highest BCUT2D eigenvalue weighted by Crippen LogP contribution is 2.38. The smallest absolute Gasteiger partial charge is 0.163 e. The van der Waals surface area contributed by atoms with Crippen molar-refractivity contribution in [3.8, 4) is 0 Å². The van der Waals surface area contributed by atoms with E-state index in [9.17, 15) is 13.9 Å². The van der Waals surface area contributed by atoms with E-state index in [1.165, 1.54) is 12.1 Å². The van der Waals surface area contributed by atoms with Gasteiger partial charge in [-0.25, -0.2) is 8.78 Å². The third-order valence-corrected chi connectivity index (χ3v) is 3.46. The van der Waals surface area contributed by atoms with E-state index in [-0.39, 0.29) is 24.9 Å². The van der Waals surface area contributed by atoms with Gasteiger partial charge < -0.3 is 15.6 Å². The van der Waals surface area contributed by atoms with Crippen molar-refractivity contribution in [1.82, 2.24) is 0 Å². The molecule has 3 N–H and O–H groups in total. The minimum atomic E-state index is -1.18. The molecule has 0 amide bonds. The first kappa shape index (κ1) is 12.4. The van der Waals surface area contributed by atoms with Crippen LogP contribution in [0.4, 0.5) is 8.78 Å². The Balaban J connectivity index is 2.48. The number of ether oxygens (including phenoxy) is 1. The zero-order valence-corrected chi connectivity index (χ0v) is 9.49. The Morgan fingerprint density at radius 2 is 2.24 bits per heavy atom. The Labute approximate surface area is 98.2 Å². The van der Waals surface area contributed by atoms with Crippen molar-refractivity contribution in [2.75, 3.05) is 13.2 Å². The summed E-state index contributed by atoms with van der Waals surface area (Å²) in [6.45, 7) is 1.60. The molecular formula is C12H15F2NO2. The highest BCUT2D eigenvalue weighted by molar-refractivity contribution is 5.29. The van der Waals surface area contributed by atoms with E-state index in [0.29, 0.717) is 0 Å². The molecule has 1 aliphatic rings. The highest BCUT2D eigenvalue weighted by Gasteiger charge is 2.47. The highest BCUT2D eigenvalue weighted by atomic mass is 19.2. The first-order valence-corrected chi connectivity index (χ1v) is 5.46. The van der Waals surface area contributed by atoms with Crippen LogP contribution in [0.2, 0.25) is 0 Å². The number of benzene rings is 1. The molecule has 0 aromatic heterocycles. The van der Waals surface area contributed by atoms with Crippen molar-refractivity contribution in [1.29, 1.82) is 0 Å². The molecule has 1 saturated heterocycles. The van der Waals surface area contributed by atoms with Gasteiger partial charge in [-0.15, -0.1) is 0 Å². The van der Waals surface area contributed by atoms with Crippen LogP contribution in [0, 0.1) is 17.6 Å². The predicted octanol–water partition coefficient (Wildman–Crippen LogP) is 1.15. The minimum Gasteiger partial charge on any atom is -0.396 e. The van der Waals surface area contributed by atoms with E-state index in [0.717, 1.165) is 6.07 Å². The second kappa shape index (κ2) is 4.33. The van der Waals surface area contributed by atoms with Gasteiger partial charge in [0, 0.05) is 11.5 Å². The van der Waals surface area contributed by atoms with E-state index < -0.39 is 23.1 Å². The Morgan fingerprint density at radius 1 is 1.53 bits per heavy atom. The van der Waals surface area contributed by atoms with Gasteiger partial charge in [-0.05, 0) is 13.0 Å². The summed E-state index contributed by atoms with van der Waals surface area (Å²) in [5, 5.41) is 9.32. The number of nitrogens with two attached hydrogens (primary N) is 1. The monoisotopic (exact) mass is 243 g/mol. The summed E-state index contributed by atoms with van der Waals surface area (Å²) >= 11 is 0. The molecule has 1 heterocycles. The maximum Gasteiger partial charge on any atom is 0.163 e. The standard InChI is InChI=1S/C12H15F2NO2/c1-7-9(5-16)12(15,6-17-7)8-3-2-4-10(13)11(8)14/h2-4,7,9,16H,5-6,15H2,1H3/t7-,9-,12-/m1/s1. The molecule has 0 bridgehead atoms. The number of hydrogen-bond acceptors (Lipinski definition) is 3. The fourth-order valence-corrected chi connectivity index (χ4v) is 2.36. The molecule has 0 aliphatic carbocycles. The van der Waals surface area contributed by atoms with Gasteiger partial charge in [-0.2, -0.15) is 0 Å². The Bertz CT molecular complexity index is 427. The lowest BCUT2D eigenvalue weighted by Crippen LogP contribution is -2.47. The fraction of sp³-hybridized carbons (Fsp3) is 0.500. The van der Waals surface area contributed by atoms with Crippen LogP contribution >= 0.6 is 0 Å². The molecular weight excluding hydrogens is 228 g/mol. The Hall–Kier alpha value is -1.04. The van der Waals surface area contributed by atoms with Gasteiger partial charge in [0.15, 0.2) is 11.6 Å². The summed E-state index contributed by atoms with van der Waals surface area (Å²) in [6, 6.07) is 3.87. The summed E-state index contributed by atoms with van der Waals surface area (Å²) in [4.78, 5) is 0. The van der Waals surface area contributed by atoms with Crippen molar-refractivity contribution in [3.05, 3.63) is 35.4 Å². The number of rotatable bonds is 2. The molecule has 1 aromatic rings. The van der Waals surface area contributed by atoms with Crippen LogP contribution in [-0.4, -0.2) is 24.4 Å². The zero-order valence-electron chi connectivity index (χ0n) is 9.49. The van der Waals surface area contributed by atoms with Crippen LogP contribution in [0.1, 0.15) is 12.5 Å². The lowest BCUT2D eigenvalue weighted by atomic mass is 9.79. The van der Waals surface area contributed by atoms with E-state index in [4.69, 9.17) is 10.5 Å². The third kappa shape index (κ3) is 1.84. The fourth-order valence-electron chi connectivity index (χ4n) is 2.36. The van der Waals surface area contributed by atoms with Crippen LogP contribution in [0.15, 0.2) is 18.2 Å². The van der Waals surface area contributed by atoms with Gasteiger partial charge in [0.1, 0.15) is 0 Å².